The van der Waals surface area contributed by atoms with E-state index < -0.39 is 41.1 Å². The first kappa shape index (κ1) is 15.6. The molecule has 3 rings (SSSR count). The van der Waals surface area contributed by atoms with Gasteiger partial charge in [0, 0.05) is 19.5 Å². The van der Waals surface area contributed by atoms with Gasteiger partial charge in [-0.1, -0.05) is 12.1 Å². The highest BCUT2D eigenvalue weighted by Crippen LogP contribution is 2.43. The molecule has 2 fully saturated rings. The minimum Gasteiger partial charge on any atom is -0.464 e. The number of methoxy groups -OCH3 is 1. The number of carbonyl (C=O) groups is 3. The molecule has 0 saturated carbocycles. The Labute approximate surface area is 132 Å². The number of hydrogen-bond donors (Lipinski definition) is 1. The Morgan fingerprint density at radius 1 is 1.35 bits per heavy atom. The molecule has 6 nitrogen and oxygen atoms in total. The van der Waals surface area contributed by atoms with E-state index >= 15 is 0 Å². The summed E-state index contributed by atoms with van der Waals surface area (Å²) in [6.07, 6.45) is 0. The van der Waals surface area contributed by atoms with Crippen LogP contribution in [-0.4, -0.2) is 42.4 Å². The van der Waals surface area contributed by atoms with Gasteiger partial charge in [0.1, 0.15) is 23.7 Å². The quantitative estimate of drug-likeness (QED) is 0.594. The van der Waals surface area contributed by atoms with Crippen molar-refractivity contribution in [3.63, 3.8) is 0 Å². The number of likely N-dealkylation sites (tertiary alicyclic amines) is 1. The van der Waals surface area contributed by atoms with Crippen LogP contribution in [-0.2, 0) is 19.1 Å². The maximum atomic E-state index is 13.6. The molecule has 0 unspecified atom stereocenters. The Balaban J connectivity index is 2.11. The minimum atomic E-state index is -1.21. The second-order valence-corrected chi connectivity index (χ2v) is 6.26. The van der Waals surface area contributed by atoms with E-state index in [1.807, 2.05) is 0 Å². The summed E-state index contributed by atoms with van der Waals surface area (Å²) in [5, 5.41) is 1.66. The molecule has 1 aromatic rings. The van der Waals surface area contributed by atoms with Crippen molar-refractivity contribution in [3.05, 3.63) is 35.6 Å². The number of rotatable bonds is 2. The molecular weight excluding hydrogens is 303 g/mol. The van der Waals surface area contributed by atoms with Gasteiger partial charge in [0.25, 0.3) is 0 Å². The number of nitrogens with two attached hydrogens (primary N) is 1. The van der Waals surface area contributed by atoms with Crippen molar-refractivity contribution in [2.75, 3.05) is 14.2 Å². The number of esters is 1. The number of benzene rings is 1. The molecule has 1 aromatic carbocycles. The lowest BCUT2D eigenvalue weighted by Gasteiger charge is -2.24. The fraction of sp³-hybridized carbons (Fsp3) is 0.438. The molecule has 0 radical (unpaired) electrons. The van der Waals surface area contributed by atoms with E-state index in [0.717, 1.165) is 4.90 Å². The Kier molecular flexibility index (Phi) is 3.48. The van der Waals surface area contributed by atoms with Crippen LogP contribution >= 0.6 is 0 Å². The Morgan fingerprint density at radius 3 is 2.65 bits per heavy atom. The molecule has 2 amide bonds. The molecule has 4 atom stereocenters. The standard InChI is InChI=1S/C16H17FN2O4/c1-16(15(22)23-3)11-10(13(20)19(2)14(11)21)12(18-16)8-5-4-6-9(17)7-8/h4-7,10-12,18H,1-3H3/p+1/t10-,11-,12-,16+/m0/s1. The van der Waals surface area contributed by atoms with E-state index in [1.165, 1.54) is 26.3 Å². The monoisotopic (exact) mass is 321 g/mol. The third-order valence-electron chi connectivity index (χ3n) is 4.99. The molecular formula is C16H18FN2O4+. The van der Waals surface area contributed by atoms with Gasteiger partial charge in [-0.15, -0.1) is 0 Å². The molecule has 0 aliphatic carbocycles. The predicted octanol–water partition coefficient (Wildman–Crippen LogP) is -0.393. The summed E-state index contributed by atoms with van der Waals surface area (Å²) in [5.41, 5.74) is -0.641. The number of imide groups is 1. The van der Waals surface area contributed by atoms with Gasteiger partial charge in [-0.2, -0.15) is 0 Å². The van der Waals surface area contributed by atoms with Crippen molar-refractivity contribution in [1.82, 2.24) is 4.90 Å². The maximum Gasteiger partial charge on any atom is 0.368 e. The molecule has 2 heterocycles. The second-order valence-electron chi connectivity index (χ2n) is 6.26. The first-order valence-corrected chi connectivity index (χ1v) is 7.32. The van der Waals surface area contributed by atoms with Crippen LogP contribution in [0.4, 0.5) is 4.39 Å². The van der Waals surface area contributed by atoms with Crippen LogP contribution < -0.4 is 5.32 Å². The Bertz CT molecular complexity index is 707. The van der Waals surface area contributed by atoms with E-state index in [4.69, 9.17) is 4.74 Å². The molecule has 0 spiro atoms. The lowest BCUT2D eigenvalue weighted by Crippen LogP contribution is -2.97. The first-order valence-electron chi connectivity index (χ1n) is 7.32. The Morgan fingerprint density at radius 2 is 2.04 bits per heavy atom. The zero-order valence-electron chi connectivity index (χ0n) is 13.1. The SMILES string of the molecule is COC(=O)[C@]1(C)[NH2+][C@@H](c2cccc(F)c2)[C@H]2C(=O)N(C)C(=O)[C@H]21. The summed E-state index contributed by atoms with van der Waals surface area (Å²) in [6.45, 7) is 1.60. The van der Waals surface area contributed by atoms with Gasteiger partial charge in [0.15, 0.2) is 0 Å². The molecule has 2 saturated heterocycles. The van der Waals surface area contributed by atoms with E-state index in [2.05, 4.69) is 0 Å². The highest BCUT2D eigenvalue weighted by Gasteiger charge is 2.70. The number of fused-ring (bicyclic) bond motifs is 1. The predicted molar refractivity (Wildman–Crippen MR) is 76.2 cm³/mol. The van der Waals surface area contributed by atoms with E-state index in [9.17, 15) is 18.8 Å². The fourth-order valence-electron chi connectivity index (χ4n) is 3.84. The summed E-state index contributed by atoms with van der Waals surface area (Å²) in [4.78, 5) is 38.3. The van der Waals surface area contributed by atoms with Crippen LogP contribution in [0.3, 0.4) is 0 Å². The average Bonchev–Trinajstić information content (AvgIpc) is 2.97. The minimum absolute atomic E-state index is 0.349. The molecule has 7 heteroatoms. The highest BCUT2D eigenvalue weighted by atomic mass is 19.1. The number of ether oxygens (including phenoxy) is 1. The van der Waals surface area contributed by atoms with Gasteiger partial charge in [0.05, 0.1) is 7.11 Å². The topological polar surface area (TPSA) is 80.3 Å². The normalized spacial score (nSPS) is 33.0. The third-order valence-corrected chi connectivity index (χ3v) is 4.99. The van der Waals surface area contributed by atoms with Crippen LogP contribution in [0.1, 0.15) is 18.5 Å². The lowest BCUT2D eigenvalue weighted by molar-refractivity contribution is -0.731. The molecule has 2 aliphatic rings. The maximum absolute atomic E-state index is 13.6. The summed E-state index contributed by atoms with van der Waals surface area (Å²) in [7, 11) is 2.65. The number of carbonyl (C=O) groups excluding carboxylic acids is 3. The molecule has 0 aromatic heterocycles. The van der Waals surface area contributed by atoms with Crippen LogP contribution in [0.5, 0.6) is 0 Å². The van der Waals surface area contributed by atoms with E-state index in [0.29, 0.717) is 5.56 Å². The first-order chi connectivity index (χ1) is 10.8. The van der Waals surface area contributed by atoms with Crippen LogP contribution in [0.15, 0.2) is 24.3 Å². The average molecular weight is 321 g/mol. The lowest BCUT2D eigenvalue weighted by atomic mass is 9.80. The highest BCUT2D eigenvalue weighted by molar-refractivity contribution is 6.08. The number of hydrogen-bond acceptors (Lipinski definition) is 4. The van der Waals surface area contributed by atoms with E-state index in [1.54, 1.807) is 24.4 Å². The van der Waals surface area contributed by atoms with Gasteiger partial charge < -0.3 is 10.1 Å². The van der Waals surface area contributed by atoms with Gasteiger partial charge in [0.2, 0.25) is 17.4 Å². The van der Waals surface area contributed by atoms with Crippen molar-refractivity contribution in [2.24, 2.45) is 11.8 Å². The smallest absolute Gasteiger partial charge is 0.368 e. The van der Waals surface area contributed by atoms with E-state index in [-0.39, 0.29) is 5.91 Å². The van der Waals surface area contributed by atoms with Gasteiger partial charge in [-0.05, 0) is 12.1 Å². The number of nitrogens with zero attached hydrogens (tertiary/aromatic N) is 1. The van der Waals surface area contributed by atoms with Crippen LogP contribution in [0, 0.1) is 17.7 Å². The second kappa shape index (κ2) is 5.13. The molecule has 23 heavy (non-hydrogen) atoms. The Hall–Kier alpha value is -2.28. The molecule has 2 N–H and O–H groups in total. The van der Waals surface area contributed by atoms with Crippen LogP contribution in [0.2, 0.25) is 0 Å². The third kappa shape index (κ3) is 2.07. The van der Waals surface area contributed by atoms with Crippen molar-refractivity contribution in [1.29, 1.82) is 0 Å². The zero-order valence-corrected chi connectivity index (χ0v) is 13.1. The summed E-state index contributed by atoms with van der Waals surface area (Å²) in [5.74, 6) is -3.27. The van der Waals surface area contributed by atoms with Crippen molar-refractivity contribution in [3.8, 4) is 0 Å². The number of halogens is 1. The summed E-state index contributed by atoms with van der Waals surface area (Å²) >= 11 is 0. The molecule has 122 valence electrons. The van der Waals surface area contributed by atoms with Crippen molar-refractivity contribution >= 4 is 17.8 Å². The zero-order chi connectivity index (χ0) is 16.9. The number of amides is 2. The van der Waals surface area contributed by atoms with Gasteiger partial charge in [-0.3, -0.25) is 14.5 Å². The summed E-state index contributed by atoms with van der Waals surface area (Å²) in [6, 6.07) is 5.37. The van der Waals surface area contributed by atoms with Crippen molar-refractivity contribution < 1.29 is 28.8 Å². The summed E-state index contributed by atoms with van der Waals surface area (Å²) < 4.78 is 18.4. The molecule has 2 aliphatic heterocycles. The van der Waals surface area contributed by atoms with Crippen LogP contribution in [0.25, 0.3) is 0 Å². The fourth-order valence-corrected chi connectivity index (χ4v) is 3.84. The number of quaternary nitrogens is 1. The van der Waals surface area contributed by atoms with Gasteiger partial charge >= 0.3 is 5.97 Å². The largest absolute Gasteiger partial charge is 0.464 e. The van der Waals surface area contributed by atoms with Crippen molar-refractivity contribution in [2.45, 2.75) is 18.5 Å². The molecule has 0 bridgehead atoms. The van der Waals surface area contributed by atoms with Gasteiger partial charge in [-0.25, -0.2) is 9.18 Å².